The molecule has 3 aromatic rings. The highest BCUT2D eigenvalue weighted by Gasteiger charge is 2.30. The van der Waals surface area contributed by atoms with Gasteiger partial charge in [-0.15, -0.1) is 24.5 Å². The third-order valence-corrected chi connectivity index (χ3v) is 5.27. The van der Waals surface area contributed by atoms with Gasteiger partial charge in [-0.05, 0) is 48.4 Å². The zero-order chi connectivity index (χ0) is 21.7. The van der Waals surface area contributed by atoms with Crippen LogP contribution in [0.1, 0.15) is 18.2 Å². The summed E-state index contributed by atoms with van der Waals surface area (Å²) in [4.78, 5) is 17.4. The van der Waals surface area contributed by atoms with Crippen molar-refractivity contribution in [1.82, 2.24) is 4.57 Å². The lowest BCUT2D eigenvalue weighted by Crippen LogP contribution is -2.19. The molecule has 1 heterocycles. The van der Waals surface area contributed by atoms with Crippen LogP contribution in [0.25, 0.3) is 0 Å². The van der Waals surface area contributed by atoms with Crippen molar-refractivity contribution in [2.45, 2.75) is 26.1 Å². The Bertz CT molecular complexity index is 1070. The van der Waals surface area contributed by atoms with Crippen LogP contribution in [-0.2, 0) is 24.7 Å². The quantitative estimate of drug-likeness (QED) is 0.595. The number of amides is 1. The predicted octanol–water partition coefficient (Wildman–Crippen LogP) is 4.96. The number of rotatable bonds is 6. The molecule has 0 atom stereocenters. The first-order valence-corrected chi connectivity index (χ1v) is 10.0. The molecule has 0 aliphatic carbocycles. The molecule has 3 rings (SSSR count). The molecule has 30 heavy (non-hydrogen) atoms. The van der Waals surface area contributed by atoms with Crippen molar-refractivity contribution >= 4 is 28.6 Å². The number of benzene rings is 2. The molecule has 1 aromatic heterocycles. The summed E-state index contributed by atoms with van der Waals surface area (Å²) in [5.41, 5.74) is 3.19. The molecular formula is C21H20F3N3O2S. The first-order chi connectivity index (χ1) is 14.2. The number of hydrogen-bond donors (Lipinski definition) is 1. The topological polar surface area (TPSA) is 55.6 Å². The van der Waals surface area contributed by atoms with Gasteiger partial charge in [-0.25, -0.2) is 4.99 Å². The number of thiazole rings is 1. The van der Waals surface area contributed by atoms with Crippen molar-refractivity contribution in [2.24, 2.45) is 12.0 Å². The standard InChI is InChI=1S/C21H20F3N3O2S/c1-3-14-4-6-15(7-5-14)25-19(28)12-17-13-30-20(27(17)2)26-16-8-10-18(11-9-16)29-21(22,23)24/h4-11,13H,3,12H2,1-2H3,(H,25,28). The molecule has 0 fully saturated rings. The lowest BCUT2D eigenvalue weighted by Gasteiger charge is -2.08. The fourth-order valence-corrected chi connectivity index (χ4v) is 3.61. The van der Waals surface area contributed by atoms with Crippen LogP contribution in [-0.4, -0.2) is 16.8 Å². The van der Waals surface area contributed by atoms with Crippen LogP contribution >= 0.6 is 11.3 Å². The van der Waals surface area contributed by atoms with Gasteiger partial charge < -0.3 is 14.6 Å². The Morgan fingerprint density at radius 3 is 2.40 bits per heavy atom. The summed E-state index contributed by atoms with van der Waals surface area (Å²) in [5, 5.41) is 4.70. The van der Waals surface area contributed by atoms with Gasteiger partial charge in [0.1, 0.15) is 5.75 Å². The first-order valence-electron chi connectivity index (χ1n) is 9.16. The minimum absolute atomic E-state index is 0.146. The largest absolute Gasteiger partial charge is 0.573 e. The summed E-state index contributed by atoms with van der Waals surface area (Å²) in [6.07, 6.45) is -3.62. The molecule has 5 nitrogen and oxygen atoms in total. The van der Waals surface area contributed by atoms with E-state index < -0.39 is 6.36 Å². The smallest absolute Gasteiger partial charge is 0.406 e. The Kier molecular flexibility index (Phi) is 6.61. The Balaban J connectivity index is 1.68. The third-order valence-electron chi connectivity index (χ3n) is 4.30. The Morgan fingerprint density at radius 2 is 1.80 bits per heavy atom. The zero-order valence-corrected chi connectivity index (χ0v) is 17.2. The van der Waals surface area contributed by atoms with Gasteiger partial charge in [-0.3, -0.25) is 4.79 Å². The molecule has 0 saturated carbocycles. The molecule has 0 radical (unpaired) electrons. The predicted molar refractivity (Wildman–Crippen MR) is 110 cm³/mol. The van der Waals surface area contributed by atoms with E-state index in [2.05, 4.69) is 22.0 Å². The van der Waals surface area contributed by atoms with E-state index in [0.29, 0.717) is 10.5 Å². The maximum atomic E-state index is 12.4. The van der Waals surface area contributed by atoms with Gasteiger partial charge in [0.05, 0.1) is 12.1 Å². The highest BCUT2D eigenvalue weighted by molar-refractivity contribution is 7.07. The summed E-state index contributed by atoms with van der Waals surface area (Å²) in [6, 6.07) is 13.0. The highest BCUT2D eigenvalue weighted by atomic mass is 32.1. The van der Waals surface area contributed by atoms with Gasteiger partial charge in [-0.2, -0.15) is 0 Å². The number of anilines is 1. The molecule has 0 aliphatic heterocycles. The molecule has 0 saturated heterocycles. The minimum Gasteiger partial charge on any atom is -0.406 e. The molecule has 0 aliphatic rings. The lowest BCUT2D eigenvalue weighted by atomic mass is 10.1. The molecule has 0 unspecified atom stereocenters. The Morgan fingerprint density at radius 1 is 1.13 bits per heavy atom. The maximum Gasteiger partial charge on any atom is 0.573 e. The second-order valence-corrected chi connectivity index (χ2v) is 7.33. The van der Waals surface area contributed by atoms with Gasteiger partial charge in [0, 0.05) is 23.8 Å². The van der Waals surface area contributed by atoms with E-state index in [0.717, 1.165) is 17.8 Å². The number of alkyl halides is 3. The molecule has 0 spiro atoms. The fraction of sp³-hybridized carbons (Fsp3) is 0.238. The molecule has 9 heteroatoms. The zero-order valence-electron chi connectivity index (χ0n) is 16.4. The van der Waals surface area contributed by atoms with Crippen molar-refractivity contribution in [3.05, 3.63) is 70.0 Å². The lowest BCUT2D eigenvalue weighted by molar-refractivity contribution is -0.274. The van der Waals surface area contributed by atoms with Crippen molar-refractivity contribution in [3.63, 3.8) is 0 Å². The molecular weight excluding hydrogens is 415 g/mol. The molecule has 1 N–H and O–H groups in total. The fourth-order valence-electron chi connectivity index (χ4n) is 2.69. The van der Waals surface area contributed by atoms with Crippen LogP contribution in [0.4, 0.5) is 24.5 Å². The van der Waals surface area contributed by atoms with E-state index in [1.54, 1.807) is 11.6 Å². The number of aromatic nitrogens is 1. The molecule has 2 aromatic carbocycles. The second-order valence-electron chi connectivity index (χ2n) is 6.50. The minimum atomic E-state index is -4.73. The number of aryl methyl sites for hydroxylation is 1. The van der Waals surface area contributed by atoms with E-state index in [-0.39, 0.29) is 18.1 Å². The molecule has 1 amide bonds. The first kappa shape index (κ1) is 21.6. The van der Waals surface area contributed by atoms with Gasteiger partial charge in [0.25, 0.3) is 0 Å². The van der Waals surface area contributed by atoms with Crippen LogP contribution in [0.2, 0.25) is 0 Å². The SMILES string of the molecule is CCc1ccc(NC(=O)Cc2csc(=Nc3ccc(OC(F)(F)F)cc3)n2C)cc1. The third kappa shape index (κ3) is 5.96. The number of carbonyl (C=O) groups is 1. The van der Waals surface area contributed by atoms with Crippen molar-refractivity contribution in [1.29, 1.82) is 0 Å². The normalized spacial score (nSPS) is 12.1. The van der Waals surface area contributed by atoms with Crippen molar-refractivity contribution < 1.29 is 22.7 Å². The highest BCUT2D eigenvalue weighted by Crippen LogP contribution is 2.24. The van der Waals surface area contributed by atoms with E-state index in [1.807, 2.05) is 29.6 Å². The summed E-state index contributed by atoms with van der Waals surface area (Å²) in [6.45, 7) is 2.07. The number of carbonyl (C=O) groups excluding carboxylic acids is 1. The summed E-state index contributed by atoms with van der Waals surface area (Å²) >= 11 is 1.34. The van der Waals surface area contributed by atoms with Crippen molar-refractivity contribution in [3.8, 4) is 5.75 Å². The van der Waals surface area contributed by atoms with E-state index in [9.17, 15) is 18.0 Å². The maximum absolute atomic E-state index is 12.4. The van der Waals surface area contributed by atoms with Gasteiger partial charge in [-0.1, -0.05) is 19.1 Å². The van der Waals surface area contributed by atoms with E-state index in [1.165, 1.54) is 41.2 Å². The van der Waals surface area contributed by atoms with Gasteiger partial charge in [0.15, 0.2) is 4.80 Å². The van der Waals surface area contributed by atoms with Crippen LogP contribution in [0, 0.1) is 0 Å². The van der Waals surface area contributed by atoms with Gasteiger partial charge in [0.2, 0.25) is 5.91 Å². The number of nitrogens with zero attached hydrogens (tertiary/aromatic N) is 2. The van der Waals surface area contributed by atoms with Crippen LogP contribution in [0.15, 0.2) is 58.9 Å². The Labute approximate surface area is 175 Å². The number of ether oxygens (including phenoxy) is 1. The molecule has 0 bridgehead atoms. The molecule has 158 valence electrons. The number of halogens is 3. The average Bonchev–Trinajstić information content (AvgIpc) is 3.02. The van der Waals surface area contributed by atoms with Crippen LogP contribution in [0.3, 0.4) is 0 Å². The summed E-state index contributed by atoms with van der Waals surface area (Å²) in [7, 11) is 1.79. The van der Waals surface area contributed by atoms with Crippen molar-refractivity contribution in [2.75, 3.05) is 5.32 Å². The average molecular weight is 435 g/mol. The summed E-state index contributed by atoms with van der Waals surface area (Å²) in [5.74, 6) is -0.450. The van der Waals surface area contributed by atoms with Crippen LogP contribution in [0.5, 0.6) is 5.75 Å². The number of nitrogens with one attached hydrogen (secondary N) is 1. The van der Waals surface area contributed by atoms with Gasteiger partial charge >= 0.3 is 6.36 Å². The number of hydrogen-bond acceptors (Lipinski definition) is 4. The van der Waals surface area contributed by atoms with Crippen LogP contribution < -0.4 is 14.9 Å². The summed E-state index contributed by atoms with van der Waals surface area (Å²) < 4.78 is 42.4. The Hall–Kier alpha value is -3.07. The monoisotopic (exact) mass is 435 g/mol. The second kappa shape index (κ2) is 9.17. The van der Waals surface area contributed by atoms with E-state index in [4.69, 9.17) is 0 Å². The van der Waals surface area contributed by atoms with E-state index >= 15 is 0 Å².